The second-order valence-corrected chi connectivity index (χ2v) is 9.20. The van der Waals surface area contributed by atoms with Gasteiger partial charge < -0.3 is 31.2 Å². The van der Waals surface area contributed by atoms with Crippen LogP contribution in [0.1, 0.15) is 21.9 Å². The van der Waals surface area contributed by atoms with E-state index in [2.05, 4.69) is 25.9 Å². The van der Waals surface area contributed by atoms with Gasteiger partial charge in [0.15, 0.2) is 11.6 Å². The van der Waals surface area contributed by atoms with E-state index < -0.39 is 5.97 Å². The van der Waals surface area contributed by atoms with Crippen LogP contribution in [-0.2, 0) is 6.54 Å². The third-order valence-electron chi connectivity index (χ3n) is 5.22. The number of carboxylic acid groups (broad SMARTS) is 1. The predicted molar refractivity (Wildman–Crippen MR) is 147 cm³/mol. The second kappa shape index (κ2) is 11.7. The van der Waals surface area contributed by atoms with Crippen molar-refractivity contribution in [2.24, 2.45) is 5.73 Å². The van der Waals surface area contributed by atoms with Crippen LogP contribution in [-0.4, -0.2) is 34.1 Å². The molecule has 9 nitrogen and oxygen atoms in total. The van der Waals surface area contributed by atoms with Crippen LogP contribution in [0.3, 0.4) is 0 Å². The van der Waals surface area contributed by atoms with Gasteiger partial charge in [-0.15, -0.1) is 0 Å². The first-order valence-electron chi connectivity index (χ1n) is 11.2. The van der Waals surface area contributed by atoms with Gasteiger partial charge in [-0.3, -0.25) is 0 Å². The molecule has 12 heteroatoms. The minimum Gasteiger partial charge on any atom is -0.478 e. The van der Waals surface area contributed by atoms with Crippen molar-refractivity contribution in [1.29, 1.82) is 0 Å². The minimum atomic E-state index is -1.13. The number of nitrogens with one attached hydrogen (secondary N) is 3. The molecule has 0 fully saturated rings. The number of halogens is 3. The number of anilines is 4. The molecule has 2 aromatic heterocycles. The number of hydrogen-bond acceptors (Lipinski definition) is 8. The summed E-state index contributed by atoms with van der Waals surface area (Å²) in [6, 6.07) is 13.3. The highest BCUT2D eigenvalue weighted by molar-refractivity contribution is 6.35. The van der Waals surface area contributed by atoms with Gasteiger partial charge in [-0.05, 0) is 55.5 Å². The SMILES string of the molecule is Cc1nc(NCCN)c(NCc2ccc(-c3cc(Cl)ccc3Cl)o2)c(Nc2ccc(Cl)cc2C(=O)O)n1. The Bertz CT molecular complexity index is 1440. The Morgan fingerprint density at radius 1 is 1.00 bits per heavy atom. The topological polar surface area (TPSA) is 138 Å². The first kappa shape index (κ1) is 26.6. The third-order valence-corrected chi connectivity index (χ3v) is 6.02. The lowest BCUT2D eigenvalue weighted by atomic mass is 10.1. The highest BCUT2D eigenvalue weighted by Crippen LogP contribution is 2.34. The molecule has 0 bridgehead atoms. The summed E-state index contributed by atoms with van der Waals surface area (Å²) in [5, 5.41) is 20.6. The zero-order valence-corrected chi connectivity index (χ0v) is 21.9. The number of hydrogen-bond donors (Lipinski definition) is 5. The number of aromatic nitrogens is 2. The van der Waals surface area contributed by atoms with Crippen molar-refractivity contribution in [2.45, 2.75) is 13.5 Å². The maximum absolute atomic E-state index is 11.8. The molecule has 0 aliphatic rings. The lowest BCUT2D eigenvalue weighted by Crippen LogP contribution is -2.17. The van der Waals surface area contributed by atoms with E-state index in [0.717, 1.165) is 0 Å². The van der Waals surface area contributed by atoms with Crippen LogP contribution < -0.4 is 21.7 Å². The average Bonchev–Trinajstić information content (AvgIpc) is 3.33. The Balaban J connectivity index is 1.66. The number of nitrogens with two attached hydrogens (primary N) is 1. The van der Waals surface area contributed by atoms with E-state index in [1.54, 1.807) is 43.3 Å². The number of benzene rings is 2. The molecular formula is C25H23Cl3N6O3. The molecule has 0 spiro atoms. The molecule has 0 unspecified atom stereocenters. The van der Waals surface area contributed by atoms with Gasteiger partial charge in [-0.25, -0.2) is 14.8 Å². The van der Waals surface area contributed by atoms with E-state index in [4.69, 9.17) is 45.0 Å². The van der Waals surface area contributed by atoms with Gasteiger partial charge in [-0.2, -0.15) is 0 Å². The van der Waals surface area contributed by atoms with E-state index >= 15 is 0 Å². The maximum atomic E-state index is 11.8. The zero-order chi connectivity index (χ0) is 26.5. The fourth-order valence-corrected chi connectivity index (χ4v) is 4.11. The largest absolute Gasteiger partial charge is 0.478 e. The number of carboxylic acids is 1. The molecule has 192 valence electrons. The molecule has 4 rings (SSSR count). The average molecular weight is 562 g/mol. The minimum absolute atomic E-state index is 0.000240. The Labute approximate surface area is 228 Å². The van der Waals surface area contributed by atoms with Gasteiger partial charge in [0, 0.05) is 28.7 Å². The quantitative estimate of drug-likeness (QED) is 0.148. The molecule has 0 saturated carbocycles. The van der Waals surface area contributed by atoms with Crippen LogP contribution in [0.5, 0.6) is 0 Å². The standard InChI is InChI=1S/C25H23Cl3N6O3/c1-13-32-23(30-9-8-29)22(24(33-13)34-20-6-3-15(27)11-18(20)25(35)36)31-12-16-4-7-21(37-16)17-10-14(26)2-5-19(17)28/h2-7,10-11,31H,8-9,12,29H2,1H3,(H,35,36)(H2,30,32,33,34). The second-order valence-electron chi connectivity index (χ2n) is 7.92. The molecule has 2 aromatic carbocycles. The fourth-order valence-electron chi connectivity index (χ4n) is 3.56. The molecule has 0 saturated heterocycles. The Kier molecular flexibility index (Phi) is 8.40. The summed E-state index contributed by atoms with van der Waals surface area (Å²) in [4.78, 5) is 20.8. The highest BCUT2D eigenvalue weighted by Gasteiger charge is 2.18. The fraction of sp³-hybridized carbons (Fsp3) is 0.160. The van der Waals surface area contributed by atoms with Crippen LogP contribution in [0.4, 0.5) is 23.0 Å². The lowest BCUT2D eigenvalue weighted by molar-refractivity contribution is 0.0698. The molecule has 6 N–H and O–H groups in total. The number of furan rings is 1. The van der Waals surface area contributed by atoms with Crippen molar-refractivity contribution in [3.63, 3.8) is 0 Å². The van der Waals surface area contributed by atoms with Crippen LogP contribution >= 0.6 is 34.8 Å². The summed E-state index contributed by atoms with van der Waals surface area (Å²) in [7, 11) is 0. The molecule has 0 amide bonds. The van der Waals surface area contributed by atoms with Gasteiger partial charge in [0.1, 0.15) is 23.0 Å². The van der Waals surface area contributed by atoms with Crippen molar-refractivity contribution in [3.05, 3.63) is 80.7 Å². The molecular weight excluding hydrogens is 539 g/mol. The van der Waals surface area contributed by atoms with Crippen molar-refractivity contribution in [2.75, 3.05) is 29.0 Å². The lowest BCUT2D eigenvalue weighted by Gasteiger charge is -2.18. The molecule has 0 radical (unpaired) electrons. The smallest absolute Gasteiger partial charge is 0.337 e. The Morgan fingerprint density at radius 3 is 2.49 bits per heavy atom. The summed E-state index contributed by atoms with van der Waals surface area (Å²) in [6.45, 7) is 2.84. The summed E-state index contributed by atoms with van der Waals surface area (Å²) in [5.41, 5.74) is 7.18. The molecule has 0 aliphatic heterocycles. The predicted octanol–water partition coefficient (Wildman–Crippen LogP) is 6.43. The monoisotopic (exact) mass is 560 g/mol. The number of nitrogens with zero attached hydrogens (tertiary/aromatic N) is 2. The molecule has 0 aliphatic carbocycles. The zero-order valence-electron chi connectivity index (χ0n) is 19.6. The molecule has 0 atom stereocenters. The van der Waals surface area contributed by atoms with Crippen molar-refractivity contribution in [3.8, 4) is 11.3 Å². The van der Waals surface area contributed by atoms with Crippen molar-refractivity contribution >= 4 is 63.8 Å². The first-order valence-corrected chi connectivity index (χ1v) is 12.3. The van der Waals surface area contributed by atoms with Gasteiger partial charge in [0.2, 0.25) is 0 Å². The van der Waals surface area contributed by atoms with E-state index in [9.17, 15) is 9.90 Å². The van der Waals surface area contributed by atoms with E-state index in [-0.39, 0.29) is 12.1 Å². The van der Waals surface area contributed by atoms with E-state index in [0.29, 0.717) is 74.1 Å². The molecule has 2 heterocycles. The summed E-state index contributed by atoms with van der Waals surface area (Å²) < 4.78 is 5.99. The van der Waals surface area contributed by atoms with Gasteiger partial charge >= 0.3 is 5.97 Å². The Morgan fingerprint density at radius 2 is 1.73 bits per heavy atom. The van der Waals surface area contributed by atoms with Crippen LogP contribution in [0.25, 0.3) is 11.3 Å². The van der Waals surface area contributed by atoms with Crippen molar-refractivity contribution < 1.29 is 14.3 Å². The van der Waals surface area contributed by atoms with Crippen LogP contribution in [0.2, 0.25) is 15.1 Å². The summed E-state index contributed by atoms with van der Waals surface area (Å²) in [5.74, 6) is 1.37. The molecule has 37 heavy (non-hydrogen) atoms. The number of rotatable bonds is 10. The Hall–Kier alpha value is -3.50. The van der Waals surface area contributed by atoms with E-state index in [1.165, 1.54) is 6.07 Å². The first-order chi connectivity index (χ1) is 17.7. The van der Waals surface area contributed by atoms with Gasteiger partial charge in [0.25, 0.3) is 0 Å². The van der Waals surface area contributed by atoms with Crippen LogP contribution in [0, 0.1) is 6.92 Å². The van der Waals surface area contributed by atoms with Crippen LogP contribution in [0.15, 0.2) is 52.9 Å². The summed E-state index contributed by atoms with van der Waals surface area (Å²) >= 11 is 18.4. The van der Waals surface area contributed by atoms with Crippen molar-refractivity contribution in [1.82, 2.24) is 9.97 Å². The number of carbonyl (C=O) groups is 1. The number of aromatic carboxylic acids is 1. The molecule has 4 aromatic rings. The summed E-state index contributed by atoms with van der Waals surface area (Å²) in [6.07, 6.45) is 0. The normalized spacial score (nSPS) is 10.8. The third kappa shape index (κ3) is 6.44. The van der Waals surface area contributed by atoms with Gasteiger partial charge in [0.05, 0.1) is 22.8 Å². The maximum Gasteiger partial charge on any atom is 0.337 e. The van der Waals surface area contributed by atoms with E-state index in [1.807, 2.05) is 6.07 Å². The van der Waals surface area contributed by atoms with Gasteiger partial charge in [-0.1, -0.05) is 34.8 Å². The highest BCUT2D eigenvalue weighted by atomic mass is 35.5. The number of aryl methyl sites for hydroxylation is 1.